The van der Waals surface area contributed by atoms with Crippen molar-refractivity contribution in [3.8, 4) is 34.1 Å². The van der Waals surface area contributed by atoms with Gasteiger partial charge in [-0.2, -0.15) is 17.2 Å². The molecule has 0 bridgehead atoms. The van der Waals surface area contributed by atoms with Crippen LogP contribution in [-0.2, 0) is 26.8 Å². The van der Waals surface area contributed by atoms with Crippen LogP contribution in [-0.4, -0.2) is 19.3 Å². The molecule has 7 aromatic rings. The average molecular weight is 723 g/mol. The third-order valence-electron chi connectivity index (χ3n) is 8.98. The maximum absolute atomic E-state index is 6.44. The average Bonchev–Trinajstić information content (AvgIpc) is 3.52. The molecule has 0 radical (unpaired) electrons. The van der Waals surface area contributed by atoms with E-state index < -0.39 is 0 Å². The van der Waals surface area contributed by atoms with Crippen LogP contribution >= 0.6 is 0 Å². The number of para-hydroxylation sites is 1. The number of benzene rings is 4. The zero-order valence-corrected chi connectivity index (χ0v) is 30.1. The molecule has 5 nitrogen and oxygen atoms in total. The molecule has 0 amide bonds. The van der Waals surface area contributed by atoms with Gasteiger partial charge in [0.05, 0.1) is 5.69 Å². The van der Waals surface area contributed by atoms with Crippen LogP contribution in [0.1, 0.15) is 53.9 Å². The third-order valence-corrected chi connectivity index (χ3v) is 8.98. The summed E-state index contributed by atoms with van der Waals surface area (Å²) in [5.74, 6) is 2.72. The van der Waals surface area contributed by atoms with Gasteiger partial charge in [0, 0.05) is 34.5 Å². The molecule has 244 valence electrons. The number of fused-ring (bicyclic) bond motifs is 3. The summed E-state index contributed by atoms with van der Waals surface area (Å²) in [6.07, 6.45) is 4.05. The van der Waals surface area contributed by atoms with Crippen molar-refractivity contribution in [2.75, 3.05) is 0 Å². The summed E-state index contributed by atoms with van der Waals surface area (Å²) in [5, 5.41) is 7.29. The van der Waals surface area contributed by atoms with Crippen molar-refractivity contribution >= 4 is 21.8 Å². The SMILES string of the molecule is Cc1ccnc(-n2c3[c-]c(Oc4[c-]c(-n5nc(C)c(-c6c(C)cc(C)cc6CCC(C)C)c5C)ccc4)ccc3c3ccccc32)c1.[Pd+2]. The summed E-state index contributed by atoms with van der Waals surface area (Å²) in [6.45, 7) is 15.3. The molecular weight excluding hydrogens is 683 g/mol. The Bertz CT molecular complexity index is 2280. The van der Waals surface area contributed by atoms with Gasteiger partial charge in [-0.25, -0.2) is 4.98 Å². The van der Waals surface area contributed by atoms with Gasteiger partial charge in [-0.15, -0.1) is 35.7 Å². The molecule has 7 rings (SSSR count). The summed E-state index contributed by atoms with van der Waals surface area (Å²) in [5.41, 5.74) is 12.6. The molecule has 4 aromatic carbocycles. The van der Waals surface area contributed by atoms with Crippen molar-refractivity contribution in [2.45, 2.75) is 61.3 Å². The van der Waals surface area contributed by atoms with Gasteiger partial charge < -0.3 is 9.30 Å². The van der Waals surface area contributed by atoms with Crippen LogP contribution in [0.3, 0.4) is 0 Å². The Hall–Kier alpha value is -4.50. The second-order valence-corrected chi connectivity index (χ2v) is 13.1. The van der Waals surface area contributed by atoms with E-state index in [0.29, 0.717) is 17.4 Å². The molecule has 0 unspecified atom stereocenters. The van der Waals surface area contributed by atoms with Crippen molar-refractivity contribution in [3.05, 3.63) is 131 Å². The van der Waals surface area contributed by atoms with Gasteiger partial charge in [0.25, 0.3) is 0 Å². The predicted octanol–water partition coefficient (Wildman–Crippen LogP) is 10.6. The van der Waals surface area contributed by atoms with E-state index in [9.17, 15) is 0 Å². The molecule has 0 atom stereocenters. The monoisotopic (exact) mass is 722 g/mol. The largest absolute Gasteiger partial charge is 2.00 e. The quantitative estimate of drug-likeness (QED) is 0.116. The number of ether oxygens (including phenoxy) is 1. The first-order valence-electron chi connectivity index (χ1n) is 16.4. The van der Waals surface area contributed by atoms with E-state index in [-0.39, 0.29) is 20.4 Å². The minimum absolute atomic E-state index is 0. The maximum Gasteiger partial charge on any atom is 2.00 e. The minimum Gasteiger partial charge on any atom is -0.509 e. The van der Waals surface area contributed by atoms with Crippen LogP contribution in [0.5, 0.6) is 11.5 Å². The van der Waals surface area contributed by atoms with Crippen LogP contribution in [0.4, 0.5) is 0 Å². The molecule has 0 saturated carbocycles. The van der Waals surface area contributed by atoms with Crippen molar-refractivity contribution in [2.24, 2.45) is 5.92 Å². The zero-order valence-electron chi connectivity index (χ0n) is 28.6. The van der Waals surface area contributed by atoms with E-state index in [1.54, 1.807) is 0 Å². The first kappa shape index (κ1) is 33.4. The number of aromatic nitrogens is 4. The Balaban J connectivity index is 0.00000401. The summed E-state index contributed by atoms with van der Waals surface area (Å²) in [7, 11) is 0. The Morgan fingerprint density at radius 3 is 2.35 bits per heavy atom. The molecule has 0 saturated heterocycles. The van der Waals surface area contributed by atoms with Crippen LogP contribution in [0, 0.1) is 52.7 Å². The number of aryl methyl sites for hydroxylation is 5. The van der Waals surface area contributed by atoms with E-state index in [2.05, 4.69) is 114 Å². The third kappa shape index (κ3) is 6.23. The number of pyridine rings is 1. The molecule has 0 aliphatic carbocycles. The number of nitrogens with zero attached hydrogens (tertiary/aromatic N) is 4. The predicted molar refractivity (Wildman–Crippen MR) is 192 cm³/mol. The summed E-state index contributed by atoms with van der Waals surface area (Å²) in [4.78, 5) is 4.70. The molecule has 0 N–H and O–H groups in total. The van der Waals surface area contributed by atoms with Gasteiger partial charge in [-0.3, -0.25) is 4.68 Å². The van der Waals surface area contributed by atoms with Crippen LogP contribution < -0.4 is 4.74 Å². The zero-order chi connectivity index (χ0) is 32.8. The van der Waals surface area contributed by atoms with Gasteiger partial charge >= 0.3 is 20.4 Å². The van der Waals surface area contributed by atoms with Gasteiger partial charge in [-0.05, 0) is 105 Å². The maximum atomic E-state index is 6.44. The molecule has 3 aromatic heterocycles. The Morgan fingerprint density at radius 2 is 1.56 bits per heavy atom. The summed E-state index contributed by atoms with van der Waals surface area (Å²) < 4.78 is 10.6. The number of hydrogen-bond acceptors (Lipinski definition) is 3. The van der Waals surface area contributed by atoms with Gasteiger partial charge in [-0.1, -0.05) is 55.3 Å². The second-order valence-electron chi connectivity index (χ2n) is 13.1. The fraction of sp³-hybridized carbons (Fsp3) is 0.238. The van der Waals surface area contributed by atoms with Crippen molar-refractivity contribution in [1.82, 2.24) is 19.3 Å². The molecule has 0 spiro atoms. The standard InChI is InChI=1S/C42H40N4O.Pd/c1-26(2)15-16-32-22-28(4)21-29(5)41(32)42-30(6)44-46(31(42)7)33-11-10-12-34(24-33)47-35-17-18-37-36-13-8-9-14-38(36)45(39(37)25-35)40-23-27(3)19-20-43-40;/h8-14,17-23,26H,15-16H2,1-7H3;/q-2;+2. The van der Waals surface area contributed by atoms with E-state index in [4.69, 9.17) is 14.8 Å². The van der Waals surface area contributed by atoms with Crippen molar-refractivity contribution in [1.29, 1.82) is 0 Å². The van der Waals surface area contributed by atoms with Gasteiger partial charge in [0.15, 0.2) is 0 Å². The Morgan fingerprint density at radius 1 is 0.771 bits per heavy atom. The van der Waals surface area contributed by atoms with E-state index >= 15 is 0 Å². The number of hydrogen-bond donors (Lipinski definition) is 0. The first-order chi connectivity index (χ1) is 22.7. The Kier molecular flexibility index (Phi) is 9.43. The van der Waals surface area contributed by atoms with Crippen LogP contribution in [0.2, 0.25) is 0 Å². The number of rotatable bonds is 8. The molecule has 6 heteroatoms. The molecule has 0 aliphatic rings. The smallest absolute Gasteiger partial charge is 0.509 e. The summed E-state index contributed by atoms with van der Waals surface area (Å²) >= 11 is 0. The van der Waals surface area contributed by atoms with E-state index in [1.807, 2.05) is 41.2 Å². The molecule has 3 heterocycles. The minimum atomic E-state index is 0. The molecule has 48 heavy (non-hydrogen) atoms. The van der Waals surface area contributed by atoms with Crippen LogP contribution in [0.25, 0.3) is 44.4 Å². The second kappa shape index (κ2) is 13.6. The van der Waals surface area contributed by atoms with Crippen LogP contribution in [0.15, 0.2) is 85.1 Å². The fourth-order valence-electron chi connectivity index (χ4n) is 6.85. The van der Waals surface area contributed by atoms with Gasteiger partial charge in [0.1, 0.15) is 5.82 Å². The topological polar surface area (TPSA) is 44.9 Å². The molecule has 0 aliphatic heterocycles. The first-order valence-corrected chi connectivity index (χ1v) is 16.4. The Labute approximate surface area is 297 Å². The fourth-order valence-corrected chi connectivity index (χ4v) is 6.85. The van der Waals surface area contributed by atoms with Gasteiger partial charge in [0.2, 0.25) is 0 Å². The van der Waals surface area contributed by atoms with Crippen molar-refractivity contribution < 1.29 is 25.2 Å². The molecular formula is C42H40N4OPd. The normalized spacial score (nSPS) is 11.4. The summed E-state index contributed by atoms with van der Waals surface area (Å²) in [6, 6.07) is 34.2. The van der Waals surface area contributed by atoms with Crippen molar-refractivity contribution in [3.63, 3.8) is 0 Å². The molecule has 0 fully saturated rings. The van der Waals surface area contributed by atoms with E-state index in [1.165, 1.54) is 27.8 Å². The van der Waals surface area contributed by atoms with E-state index in [0.717, 1.165) is 63.1 Å².